The van der Waals surface area contributed by atoms with Gasteiger partial charge in [-0.15, -0.1) is 0 Å². The van der Waals surface area contributed by atoms with Crippen LogP contribution in [0.4, 0.5) is 0 Å². The van der Waals surface area contributed by atoms with Crippen molar-refractivity contribution in [3.05, 3.63) is 45.8 Å². The molecule has 0 unspecified atom stereocenters. The lowest BCUT2D eigenvalue weighted by atomic mass is 9.94. The van der Waals surface area contributed by atoms with Gasteiger partial charge in [0.25, 0.3) is 5.56 Å². The summed E-state index contributed by atoms with van der Waals surface area (Å²) in [6.45, 7) is 0. The number of fused-ring (bicyclic) bond motifs is 1. The number of nitrogens with one attached hydrogen (secondary N) is 1. The Bertz CT molecular complexity index is 727. The molecule has 0 radical (unpaired) electrons. The van der Waals surface area contributed by atoms with Crippen molar-refractivity contribution in [2.75, 3.05) is 0 Å². The zero-order chi connectivity index (χ0) is 13.2. The Labute approximate surface area is 110 Å². The first-order chi connectivity index (χ1) is 9.29. The molecule has 0 aliphatic heterocycles. The van der Waals surface area contributed by atoms with Crippen molar-refractivity contribution in [1.29, 1.82) is 5.26 Å². The molecule has 0 saturated heterocycles. The maximum absolute atomic E-state index is 11.6. The van der Waals surface area contributed by atoms with Crippen molar-refractivity contribution in [2.45, 2.75) is 25.7 Å². The fourth-order valence-corrected chi connectivity index (χ4v) is 2.44. The van der Waals surface area contributed by atoms with Crippen LogP contribution in [-0.4, -0.2) is 15.0 Å². The molecule has 5 nitrogen and oxygen atoms in total. The monoisotopic (exact) mass is 252 g/mol. The summed E-state index contributed by atoms with van der Waals surface area (Å²) < 4.78 is 0. The van der Waals surface area contributed by atoms with Crippen molar-refractivity contribution >= 4 is 0 Å². The average molecular weight is 252 g/mol. The van der Waals surface area contributed by atoms with E-state index >= 15 is 0 Å². The minimum Gasteiger partial charge on any atom is -0.312 e. The van der Waals surface area contributed by atoms with Crippen LogP contribution in [0.3, 0.4) is 0 Å². The Balaban J connectivity index is 2.16. The summed E-state index contributed by atoms with van der Waals surface area (Å²) in [4.78, 5) is 22.6. The summed E-state index contributed by atoms with van der Waals surface area (Å²) in [5, 5.41) is 9.07. The Hall–Kier alpha value is -2.48. The van der Waals surface area contributed by atoms with E-state index in [2.05, 4.69) is 15.0 Å². The molecule has 0 fully saturated rings. The minimum atomic E-state index is -0.412. The van der Waals surface area contributed by atoms with Crippen LogP contribution >= 0.6 is 0 Å². The molecule has 0 aromatic carbocycles. The molecular formula is C14H12N4O. The van der Waals surface area contributed by atoms with Crippen molar-refractivity contribution < 1.29 is 0 Å². The van der Waals surface area contributed by atoms with E-state index in [-0.39, 0.29) is 5.56 Å². The van der Waals surface area contributed by atoms with E-state index in [0.717, 1.165) is 30.5 Å². The molecule has 5 heteroatoms. The van der Waals surface area contributed by atoms with Gasteiger partial charge in [-0.25, -0.2) is 4.98 Å². The van der Waals surface area contributed by atoms with Crippen molar-refractivity contribution in [3.63, 3.8) is 0 Å². The number of hydrogen-bond donors (Lipinski definition) is 1. The molecule has 0 saturated carbocycles. The molecule has 1 aliphatic carbocycles. The predicted octanol–water partition coefficient (Wildman–Crippen LogP) is 1.58. The standard InChI is InChI=1S/C14H12N4O/c15-6-11-13(17-8-18-14(11)19)10-5-9-3-1-2-4-12(9)16-7-10/h5,7-8H,1-4H2,(H,17,18,19). The molecule has 2 heterocycles. The molecule has 1 aliphatic rings. The summed E-state index contributed by atoms with van der Waals surface area (Å²) in [6, 6.07) is 3.91. The number of H-pyrrole nitrogens is 1. The van der Waals surface area contributed by atoms with Crippen LogP contribution in [0.1, 0.15) is 29.7 Å². The van der Waals surface area contributed by atoms with Gasteiger partial charge in [0.05, 0.1) is 12.0 Å². The van der Waals surface area contributed by atoms with Gasteiger partial charge < -0.3 is 4.98 Å². The van der Waals surface area contributed by atoms with Crippen molar-refractivity contribution in [3.8, 4) is 17.3 Å². The number of aromatic amines is 1. The third-order valence-corrected chi connectivity index (χ3v) is 3.41. The summed E-state index contributed by atoms with van der Waals surface area (Å²) >= 11 is 0. The molecule has 0 amide bonds. The van der Waals surface area contributed by atoms with Crippen LogP contribution in [0.5, 0.6) is 0 Å². The second-order valence-corrected chi connectivity index (χ2v) is 4.60. The van der Waals surface area contributed by atoms with Gasteiger partial charge in [0.1, 0.15) is 11.6 Å². The van der Waals surface area contributed by atoms with Gasteiger partial charge in [-0.3, -0.25) is 9.78 Å². The van der Waals surface area contributed by atoms with Crippen LogP contribution in [0.15, 0.2) is 23.4 Å². The number of nitriles is 1. The third-order valence-electron chi connectivity index (χ3n) is 3.41. The minimum absolute atomic E-state index is 0.0417. The first-order valence-electron chi connectivity index (χ1n) is 6.25. The van der Waals surface area contributed by atoms with E-state index < -0.39 is 5.56 Å². The highest BCUT2D eigenvalue weighted by atomic mass is 16.1. The van der Waals surface area contributed by atoms with Crippen LogP contribution in [0.25, 0.3) is 11.3 Å². The number of aromatic nitrogens is 3. The average Bonchev–Trinajstić information content (AvgIpc) is 2.46. The summed E-state index contributed by atoms with van der Waals surface area (Å²) in [6.07, 6.45) is 7.35. The summed E-state index contributed by atoms with van der Waals surface area (Å²) in [7, 11) is 0. The summed E-state index contributed by atoms with van der Waals surface area (Å²) in [5.41, 5.74) is 3.11. The van der Waals surface area contributed by atoms with Crippen molar-refractivity contribution in [1.82, 2.24) is 15.0 Å². The van der Waals surface area contributed by atoms with Crippen LogP contribution in [0, 0.1) is 11.3 Å². The van der Waals surface area contributed by atoms with Crippen LogP contribution < -0.4 is 5.56 Å². The molecule has 19 heavy (non-hydrogen) atoms. The quantitative estimate of drug-likeness (QED) is 0.835. The third kappa shape index (κ3) is 2.02. The molecule has 1 N–H and O–H groups in total. The SMILES string of the molecule is N#Cc1c(-c2cnc3c(c2)CCCC3)nc[nH]c1=O. The lowest BCUT2D eigenvalue weighted by Gasteiger charge is -2.15. The fourth-order valence-electron chi connectivity index (χ4n) is 2.44. The van der Waals surface area contributed by atoms with Gasteiger partial charge in [-0.05, 0) is 37.3 Å². The second kappa shape index (κ2) is 4.65. The molecule has 3 rings (SSSR count). The number of nitrogens with zero attached hydrogens (tertiary/aromatic N) is 3. The molecule has 2 aromatic heterocycles. The molecule has 0 bridgehead atoms. The Morgan fingerprint density at radius 3 is 2.95 bits per heavy atom. The van der Waals surface area contributed by atoms with Crippen LogP contribution in [0.2, 0.25) is 0 Å². The summed E-state index contributed by atoms with van der Waals surface area (Å²) in [5.74, 6) is 0. The number of aryl methyl sites for hydroxylation is 2. The predicted molar refractivity (Wildman–Crippen MR) is 69.4 cm³/mol. The maximum atomic E-state index is 11.6. The lowest BCUT2D eigenvalue weighted by molar-refractivity contribution is 0.668. The smallest absolute Gasteiger partial charge is 0.269 e. The van der Waals surface area contributed by atoms with E-state index in [1.165, 1.54) is 18.3 Å². The maximum Gasteiger partial charge on any atom is 0.269 e. The Morgan fingerprint density at radius 2 is 2.11 bits per heavy atom. The van der Waals surface area contributed by atoms with Gasteiger partial charge >= 0.3 is 0 Å². The Morgan fingerprint density at radius 1 is 1.26 bits per heavy atom. The van der Waals surface area contributed by atoms with E-state index in [0.29, 0.717) is 5.69 Å². The number of pyridine rings is 1. The van der Waals surface area contributed by atoms with Gasteiger partial charge in [0.2, 0.25) is 0 Å². The number of rotatable bonds is 1. The normalized spacial score (nSPS) is 13.6. The molecule has 94 valence electrons. The first kappa shape index (κ1) is 11.6. The zero-order valence-corrected chi connectivity index (χ0v) is 10.3. The highest BCUT2D eigenvalue weighted by Crippen LogP contribution is 2.25. The molecule has 0 spiro atoms. The van der Waals surface area contributed by atoms with E-state index in [1.54, 1.807) is 6.20 Å². The molecular weight excluding hydrogens is 240 g/mol. The highest BCUT2D eigenvalue weighted by molar-refractivity contribution is 5.65. The Kier molecular flexibility index (Phi) is 2.84. The van der Waals surface area contributed by atoms with Gasteiger partial charge in [0, 0.05) is 17.5 Å². The highest BCUT2D eigenvalue weighted by Gasteiger charge is 2.15. The topological polar surface area (TPSA) is 82.4 Å². The second-order valence-electron chi connectivity index (χ2n) is 4.60. The van der Waals surface area contributed by atoms with Gasteiger partial charge in [-0.2, -0.15) is 5.26 Å². The number of hydrogen-bond acceptors (Lipinski definition) is 4. The van der Waals surface area contributed by atoms with E-state index in [9.17, 15) is 4.79 Å². The molecule has 2 aromatic rings. The largest absolute Gasteiger partial charge is 0.312 e. The zero-order valence-electron chi connectivity index (χ0n) is 10.3. The van der Waals surface area contributed by atoms with E-state index in [1.807, 2.05) is 12.1 Å². The van der Waals surface area contributed by atoms with Crippen LogP contribution in [-0.2, 0) is 12.8 Å². The first-order valence-corrected chi connectivity index (χ1v) is 6.25. The lowest BCUT2D eigenvalue weighted by Crippen LogP contribution is -2.13. The fraction of sp³-hybridized carbons (Fsp3) is 0.286. The van der Waals surface area contributed by atoms with Gasteiger partial charge in [-0.1, -0.05) is 0 Å². The van der Waals surface area contributed by atoms with Gasteiger partial charge in [0.15, 0.2) is 0 Å². The van der Waals surface area contributed by atoms with E-state index in [4.69, 9.17) is 5.26 Å². The molecule has 0 atom stereocenters. The van der Waals surface area contributed by atoms with Crippen molar-refractivity contribution in [2.24, 2.45) is 0 Å².